The third-order valence-electron chi connectivity index (χ3n) is 6.18. The highest BCUT2D eigenvalue weighted by molar-refractivity contribution is 6.51. The molecule has 0 radical (unpaired) electrons. The van der Waals surface area contributed by atoms with Crippen molar-refractivity contribution >= 4 is 23.1 Å². The van der Waals surface area contributed by atoms with Crippen LogP contribution in [0.4, 0.5) is 5.69 Å². The van der Waals surface area contributed by atoms with Gasteiger partial charge in [0.05, 0.1) is 31.4 Å². The Kier molecular flexibility index (Phi) is 8.44. The number of nitrogens with zero attached hydrogens (tertiary/aromatic N) is 1. The minimum Gasteiger partial charge on any atom is -0.507 e. The third kappa shape index (κ3) is 5.85. The zero-order chi connectivity index (χ0) is 28.1. The number of ether oxygens (including phenoxy) is 3. The predicted molar refractivity (Wildman–Crippen MR) is 148 cm³/mol. The second-order valence-electron chi connectivity index (χ2n) is 9.49. The fourth-order valence-electron chi connectivity index (χ4n) is 4.38. The van der Waals surface area contributed by atoms with E-state index in [4.69, 9.17) is 14.2 Å². The van der Waals surface area contributed by atoms with E-state index >= 15 is 0 Å². The fourth-order valence-corrected chi connectivity index (χ4v) is 4.38. The van der Waals surface area contributed by atoms with Crippen molar-refractivity contribution in [3.8, 4) is 23.0 Å². The average molecular weight is 532 g/mol. The van der Waals surface area contributed by atoms with E-state index in [0.29, 0.717) is 54.1 Å². The first-order valence-electron chi connectivity index (χ1n) is 13.0. The zero-order valence-corrected chi connectivity index (χ0v) is 22.5. The number of hydrogen-bond acceptors (Lipinski definition) is 7. The van der Waals surface area contributed by atoms with Gasteiger partial charge in [0.15, 0.2) is 11.5 Å². The van der Waals surface area contributed by atoms with Gasteiger partial charge in [-0.15, -0.1) is 0 Å². The molecule has 1 unspecified atom stereocenters. The molecule has 1 atom stereocenters. The molecule has 1 aliphatic rings. The molecular formula is C31H33NO7. The number of aliphatic hydroxyl groups excluding tert-OH is 1. The molecule has 1 fully saturated rings. The van der Waals surface area contributed by atoms with Gasteiger partial charge in [-0.3, -0.25) is 14.5 Å². The number of aliphatic hydroxyl groups is 1. The fraction of sp³-hybridized carbons (Fsp3) is 0.290. The van der Waals surface area contributed by atoms with Crippen molar-refractivity contribution in [3.63, 3.8) is 0 Å². The number of phenols is 1. The molecule has 4 rings (SSSR count). The number of aromatic hydroxyl groups is 1. The maximum atomic E-state index is 13.4. The van der Waals surface area contributed by atoms with Gasteiger partial charge in [-0.05, 0) is 86.0 Å². The van der Waals surface area contributed by atoms with Crippen LogP contribution in [0.15, 0.2) is 72.3 Å². The van der Waals surface area contributed by atoms with E-state index < -0.39 is 17.7 Å². The van der Waals surface area contributed by atoms with E-state index in [1.807, 2.05) is 20.8 Å². The minimum atomic E-state index is -0.973. The Morgan fingerprint density at radius 1 is 0.872 bits per heavy atom. The lowest BCUT2D eigenvalue weighted by molar-refractivity contribution is -0.132. The average Bonchev–Trinajstić information content (AvgIpc) is 3.19. The SMILES string of the molecule is CCOc1ccc(N2C(=O)C(=O)/C(=C(\O)c3ccc(OCC(C)C)cc3)C2c2ccc(O)c(OCC)c2)cc1. The van der Waals surface area contributed by atoms with Crippen molar-refractivity contribution < 1.29 is 34.0 Å². The minimum absolute atomic E-state index is 0.0714. The summed E-state index contributed by atoms with van der Waals surface area (Å²) in [5.41, 5.74) is 1.24. The summed E-state index contributed by atoms with van der Waals surface area (Å²) < 4.78 is 16.8. The molecule has 8 heteroatoms. The highest BCUT2D eigenvalue weighted by atomic mass is 16.5. The van der Waals surface area contributed by atoms with Crippen LogP contribution >= 0.6 is 0 Å². The van der Waals surface area contributed by atoms with Gasteiger partial charge in [0.2, 0.25) is 0 Å². The lowest BCUT2D eigenvalue weighted by Gasteiger charge is -2.26. The highest BCUT2D eigenvalue weighted by Gasteiger charge is 2.47. The van der Waals surface area contributed by atoms with Crippen molar-refractivity contribution in [1.29, 1.82) is 0 Å². The van der Waals surface area contributed by atoms with E-state index in [1.165, 1.54) is 11.0 Å². The van der Waals surface area contributed by atoms with Gasteiger partial charge in [0.1, 0.15) is 17.3 Å². The third-order valence-corrected chi connectivity index (χ3v) is 6.18. The van der Waals surface area contributed by atoms with Crippen LogP contribution < -0.4 is 19.1 Å². The van der Waals surface area contributed by atoms with Gasteiger partial charge in [-0.1, -0.05) is 19.9 Å². The molecule has 1 heterocycles. The van der Waals surface area contributed by atoms with Crippen molar-refractivity contribution in [1.82, 2.24) is 0 Å². The maximum absolute atomic E-state index is 13.4. The maximum Gasteiger partial charge on any atom is 0.300 e. The molecule has 0 aromatic heterocycles. The molecule has 0 spiro atoms. The van der Waals surface area contributed by atoms with E-state index in [-0.39, 0.29) is 22.8 Å². The van der Waals surface area contributed by atoms with Crippen LogP contribution in [0.5, 0.6) is 23.0 Å². The molecule has 2 N–H and O–H groups in total. The lowest BCUT2D eigenvalue weighted by Crippen LogP contribution is -2.29. The van der Waals surface area contributed by atoms with Crippen LogP contribution in [0.3, 0.4) is 0 Å². The number of Topliss-reactive ketones (excluding diaryl/α,β-unsaturated/α-hetero) is 1. The molecular weight excluding hydrogens is 498 g/mol. The van der Waals surface area contributed by atoms with E-state index in [2.05, 4.69) is 0 Å². The topological polar surface area (TPSA) is 106 Å². The summed E-state index contributed by atoms with van der Waals surface area (Å²) in [5.74, 6) is -0.179. The van der Waals surface area contributed by atoms with Crippen molar-refractivity contribution in [2.75, 3.05) is 24.7 Å². The number of amides is 1. The summed E-state index contributed by atoms with van der Waals surface area (Å²) in [6, 6.07) is 17.2. The number of hydrogen-bond donors (Lipinski definition) is 2. The Hall–Kier alpha value is -4.46. The molecule has 204 valence electrons. The molecule has 8 nitrogen and oxygen atoms in total. The summed E-state index contributed by atoms with van der Waals surface area (Å²) in [5, 5.41) is 21.7. The van der Waals surface area contributed by atoms with Crippen molar-refractivity contribution in [2.45, 2.75) is 33.7 Å². The van der Waals surface area contributed by atoms with Crippen LogP contribution in [0.25, 0.3) is 5.76 Å². The van der Waals surface area contributed by atoms with E-state index in [1.54, 1.807) is 67.6 Å². The van der Waals surface area contributed by atoms with E-state index in [0.717, 1.165) is 0 Å². The monoisotopic (exact) mass is 531 g/mol. The Morgan fingerprint density at radius 2 is 1.49 bits per heavy atom. The van der Waals surface area contributed by atoms with Crippen molar-refractivity contribution in [3.05, 3.63) is 83.4 Å². The molecule has 0 aliphatic carbocycles. The zero-order valence-electron chi connectivity index (χ0n) is 22.5. The summed E-state index contributed by atoms with van der Waals surface area (Å²) in [6.45, 7) is 9.08. The summed E-state index contributed by atoms with van der Waals surface area (Å²) in [7, 11) is 0. The summed E-state index contributed by atoms with van der Waals surface area (Å²) in [4.78, 5) is 28.2. The number of ketones is 1. The number of carbonyl (C=O) groups excluding carboxylic acids is 2. The number of phenolic OH excluding ortho intramolecular Hbond substituents is 1. The Labute approximate surface area is 228 Å². The molecule has 1 amide bonds. The standard InChI is InChI=1S/C31H33NO7/c1-5-37-23-14-10-22(11-15-23)32-28(21-9-16-25(33)26(17-21)38-6-2)27(30(35)31(32)36)29(34)20-7-12-24(13-8-20)39-18-19(3)4/h7-17,19,28,33-34H,5-6,18H2,1-4H3/b29-27-. The van der Waals surface area contributed by atoms with Crippen LogP contribution in [0.1, 0.15) is 44.9 Å². The van der Waals surface area contributed by atoms with Crippen LogP contribution in [0.2, 0.25) is 0 Å². The Balaban J connectivity index is 1.83. The lowest BCUT2D eigenvalue weighted by atomic mass is 9.94. The number of carbonyl (C=O) groups is 2. The molecule has 0 bridgehead atoms. The normalized spacial score (nSPS) is 16.5. The second kappa shape index (κ2) is 11.9. The van der Waals surface area contributed by atoms with E-state index in [9.17, 15) is 19.8 Å². The number of benzene rings is 3. The quantitative estimate of drug-likeness (QED) is 0.192. The van der Waals surface area contributed by atoms with Gasteiger partial charge in [0.25, 0.3) is 11.7 Å². The molecule has 3 aromatic rings. The first kappa shape index (κ1) is 27.6. The first-order chi connectivity index (χ1) is 18.7. The molecule has 39 heavy (non-hydrogen) atoms. The largest absolute Gasteiger partial charge is 0.507 e. The van der Waals surface area contributed by atoms with Crippen molar-refractivity contribution in [2.24, 2.45) is 5.92 Å². The van der Waals surface area contributed by atoms with Crippen LogP contribution in [0, 0.1) is 5.92 Å². The molecule has 0 saturated carbocycles. The number of anilines is 1. The van der Waals surface area contributed by atoms with Crippen LogP contribution in [-0.4, -0.2) is 41.7 Å². The second-order valence-corrected chi connectivity index (χ2v) is 9.49. The number of rotatable bonds is 10. The van der Waals surface area contributed by atoms with Gasteiger partial charge in [0, 0.05) is 11.3 Å². The van der Waals surface area contributed by atoms with Crippen LogP contribution in [-0.2, 0) is 9.59 Å². The van der Waals surface area contributed by atoms with Gasteiger partial charge < -0.3 is 24.4 Å². The molecule has 3 aromatic carbocycles. The molecule has 1 saturated heterocycles. The molecule has 1 aliphatic heterocycles. The van der Waals surface area contributed by atoms with Gasteiger partial charge >= 0.3 is 0 Å². The first-order valence-corrected chi connectivity index (χ1v) is 13.0. The summed E-state index contributed by atoms with van der Waals surface area (Å²) >= 11 is 0. The predicted octanol–water partition coefficient (Wildman–Crippen LogP) is 5.85. The van der Waals surface area contributed by atoms with Gasteiger partial charge in [-0.2, -0.15) is 0 Å². The Morgan fingerprint density at radius 3 is 2.10 bits per heavy atom. The van der Waals surface area contributed by atoms with Gasteiger partial charge in [-0.25, -0.2) is 0 Å². The highest BCUT2D eigenvalue weighted by Crippen LogP contribution is 2.44. The summed E-state index contributed by atoms with van der Waals surface area (Å²) in [6.07, 6.45) is 0. The Bertz CT molecular complexity index is 1360. The smallest absolute Gasteiger partial charge is 0.300 e.